The van der Waals surface area contributed by atoms with Crippen molar-refractivity contribution in [3.05, 3.63) is 77.7 Å². The third-order valence-corrected chi connectivity index (χ3v) is 5.18. The lowest BCUT2D eigenvalue weighted by molar-refractivity contribution is 0.0740. The van der Waals surface area contributed by atoms with Gasteiger partial charge in [-0.3, -0.25) is 9.78 Å². The van der Waals surface area contributed by atoms with E-state index in [1.165, 1.54) is 11.1 Å². The fourth-order valence-corrected chi connectivity index (χ4v) is 3.58. The molecule has 0 spiro atoms. The summed E-state index contributed by atoms with van der Waals surface area (Å²) in [5.41, 5.74) is 4.75. The highest BCUT2D eigenvalue weighted by Gasteiger charge is 2.23. The molecule has 1 amide bonds. The Labute approximate surface area is 171 Å². The van der Waals surface area contributed by atoms with Crippen LogP contribution in [0.4, 0.5) is 17.2 Å². The second-order valence-electron chi connectivity index (χ2n) is 7.34. The molecule has 0 bridgehead atoms. The molecule has 3 aromatic rings. The molecule has 0 aliphatic carbocycles. The average molecular weight is 387 g/mol. The highest BCUT2D eigenvalue weighted by atomic mass is 16.2. The summed E-state index contributed by atoms with van der Waals surface area (Å²) < 4.78 is 0. The van der Waals surface area contributed by atoms with Crippen LogP contribution >= 0.6 is 0 Å². The lowest BCUT2D eigenvalue weighted by Crippen LogP contribution is -2.49. The number of rotatable bonds is 4. The zero-order valence-corrected chi connectivity index (χ0v) is 16.8. The molecule has 0 saturated carbocycles. The number of anilines is 3. The molecular weight excluding hydrogens is 362 g/mol. The smallest absolute Gasteiger partial charge is 0.272 e. The van der Waals surface area contributed by atoms with Crippen LogP contribution in [0.2, 0.25) is 0 Å². The number of benzene rings is 1. The highest BCUT2D eigenvalue weighted by Crippen LogP contribution is 2.22. The van der Waals surface area contributed by atoms with Gasteiger partial charge in [-0.05, 0) is 49.7 Å². The molecule has 2 aromatic heterocycles. The number of aryl methyl sites for hydroxylation is 2. The zero-order chi connectivity index (χ0) is 20.2. The Morgan fingerprint density at radius 3 is 2.48 bits per heavy atom. The van der Waals surface area contributed by atoms with Crippen molar-refractivity contribution in [2.24, 2.45) is 0 Å². The van der Waals surface area contributed by atoms with Gasteiger partial charge in [0.05, 0.1) is 0 Å². The predicted molar refractivity (Wildman–Crippen MR) is 116 cm³/mol. The number of amides is 1. The number of hydrogen-bond acceptors (Lipinski definition) is 5. The van der Waals surface area contributed by atoms with E-state index in [-0.39, 0.29) is 5.91 Å². The maximum atomic E-state index is 13.0. The minimum absolute atomic E-state index is 0.0325. The van der Waals surface area contributed by atoms with Gasteiger partial charge in [0.25, 0.3) is 5.91 Å². The van der Waals surface area contributed by atoms with Crippen LogP contribution in [0.15, 0.2) is 60.9 Å². The summed E-state index contributed by atoms with van der Waals surface area (Å²) in [5, 5.41) is 3.40. The van der Waals surface area contributed by atoms with Crippen molar-refractivity contribution in [1.29, 1.82) is 0 Å². The van der Waals surface area contributed by atoms with E-state index in [0.717, 1.165) is 30.3 Å². The van der Waals surface area contributed by atoms with Crippen LogP contribution in [0.25, 0.3) is 0 Å². The molecule has 1 fully saturated rings. The fourth-order valence-electron chi connectivity index (χ4n) is 3.58. The number of nitrogens with one attached hydrogen (secondary N) is 1. The van der Waals surface area contributed by atoms with E-state index in [9.17, 15) is 4.79 Å². The monoisotopic (exact) mass is 387 g/mol. The number of hydrogen-bond donors (Lipinski definition) is 1. The quantitative estimate of drug-likeness (QED) is 0.738. The maximum Gasteiger partial charge on any atom is 0.272 e. The number of nitrogens with zero attached hydrogens (tertiary/aromatic N) is 4. The Morgan fingerprint density at radius 1 is 0.931 bits per heavy atom. The van der Waals surface area contributed by atoms with Gasteiger partial charge < -0.3 is 15.1 Å². The zero-order valence-electron chi connectivity index (χ0n) is 16.8. The van der Waals surface area contributed by atoms with Crippen molar-refractivity contribution in [3.63, 3.8) is 0 Å². The number of piperazine rings is 1. The molecule has 29 heavy (non-hydrogen) atoms. The van der Waals surface area contributed by atoms with Crippen LogP contribution in [0.5, 0.6) is 0 Å². The van der Waals surface area contributed by atoms with E-state index >= 15 is 0 Å². The van der Waals surface area contributed by atoms with Crippen molar-refractivity contribution >= 4 is 23.1 Å². The average Bonchev–Trinajstić information content (AvgIpc) is 2.76. The maximum absolute atomic E-state index is 13.0. The minimum atomic E-state index is -0.0325. The minimum Gasteiger partial charge on any atom is -0.355 e. The van der Waals surface area contributed by atoms with Crippen LogP contribution in [0, 0.1) is 13.8 Å². The van der Waals surface area contributed by atoms with Crippen LogP contribution in [-0.4, -0.2) is 47.0 Å². The van der Waals surface area contributed by atoms with E-state index in [0.29, 0.717) is 18.8 Å². The molecule has 6 heteroatoms. The van der Waals surface area contributed by atoms with Gasteiger partial charge >= 0.3 is 0 Å². The van der Waals surface area contributed by atoms with Gasteiger partial charge in [0.2, 0.25) is 0 Å². The van der Waals surface area contributed by atoms with Gasteiger partial charge in [0.1, 0.15) is 11.5 Å². The van der Waals surface area contributed by atoms with E-state index in [1.54, 1.807) is 12.4 Å². The van der Waals surface area contributed by atoms with E-state index < -0.39 is 0 Å². The van der Waals surface area contributed by atoms with E-state index in [2.05, 4.69) is 52.2 Å². The summed E-state index contributed by atoms with van der Waals surface area (Å²) in [6, 6.07) is 15.9. The molecule has 0 atom stereocenters. The summed E-state index contributed by atoms with van der Waals surface area (Å²) in [4.78, 5) is 25.7. The molecule has 1 aliphatic heterocycles. The highest BCUT2D eigenvalue weighted by molar-refractivity contribution is 5.93. The lowest BCUT2D eigenvalue weighted by Gasteiger charge is -2.35. The Kier molecular flexibility index (Phi) is 5.42. The Bertz CT molecular complexity index is 997. The standard InChI is InChI=1S/C23H25N5O/c1-17-6-7-20(18(2)15-17)26-19-8-10-24-21(16-19)23(29)28-13-11-27(12-14-28)22-5-3-4-9-25-22/h3-10,15-16H,11-14H2,1-2H3,(H,24,26). The van der Waals surface area contributed by atoms with Crippen molar-refractivity contribution in [3.8, 4) is 0 Å². The number of carbonyl (C=O) groups is 1. The van der Waals surface area contributed by atoms with Crippen molar-refractivity contribution in [1.82, 2.24) is 14.9 Å². The van der Waals surface area contributed by atoms with Gasteiger partial charge in [0, 0.05) is 49.9 Å². The molecule has 4 rings (SSSR count). The predicted octanol–water partition coefficient (Wildman–Crippen LogP) is 3.80. The molecule has 0 radical (unpaired) electrons. The first kappa shape index (κ1) is 18.9. The van der Waals surface area contributed by atoms with Crippen molar-refractivity contribution in [2.75, 3.05) is 36.4 Å². The third kappa shape index (κ3) is 4.37. The summed E-state index contributed by atoms with van der Waals surface area (Å²) >= 11 is 0. The first-order valence-electron chi connectivity index (χ1n) is 9.86. The van der Waals surface area contributed by atoms with Crippen LogP contribution in [0.1, 0.15) is 21.6 Å². The van der Waals surface area contributed by atoms with Crippen molar-refractivity contribution < 1.29 is 4.79 Å². The van der Waals surface area contributed by atoms with Crippen molar-refractivity contribution in [2.45, 2.75) is 13.8 Å². The van der Waals surface area contributed by atoms with Gasteiger partial charge in [-0.25, -0.2) is 4.98 Å². The van der Waals surface area contributed by atoms with Gasteiger partial charge in [-0.2, -0.15) is 0 Å². The molecule has 0 unspecified atom stereocenters. The van der Waals surface area contributed by atoms with Gasteiger partial charge in [-0.15, -0.1) is 0 Å². The van der Waals surface area contributed by atoms with E-state index in [4.69, 9.17) is 0 Å². The molecular formula is C23H25N5O. The number of carbonyl (C=O) groups excluding carboxylic acids is 1. The summed E-state index contributed by atoms with van der Waals surface area (Å²) in [5.74, 6) is 0.923. The normalized spacial score (nSPS) is 14.0. The molecule has 1 aliphatic rings. The summed E-state index contributed by atoms with van der Waals surface area (Å²) in [7, 11) is 0. The fraction of sp³-hybridized carbons (Fsp3) is 0.261. The van der Waals surface area contributed by atoms with Gasteiger partial charge in [0.15, 0.2) is 0 Å². The molecule has 1 saturated heterocycles. The number of aromatic nitrogens is 2. The molecule has 1 aromatic carbocycles. The molecule has 6 nitrogen and oxygen atoms in total. The molecule has 148 valence electrons. The molecule has 1 N–H and O–H groups in total. The topological polar surface area (TPSA) is 61.4 Å². The molecule has 3 heterocycles. The van der Waals surface area contributed by atoms with E-state index in [1.807, 2.05) is 35.2 Å². The Hall–Kier alpha value is -3.41. The summed E-state index contributed by atoms with van der Waals surface area (Å²) in [6.45, 7) is 7.00. The first-order valence-corrected chi connectivity index (χ1v) is 9.86. The number of pyridine rings is 2. The second kappa shape index (κ2) is 8.31. The third-order valence-electron chi connectivity index (χ3n) is 5.18. The van der Waals surface area contributed by atoms with Crippen LogP contribution < -0.4 is 10.2 Å². The largest absolute Gasteiger partial charge is 0.355 e. The summed E-state index contributed by atoms with van der Waals surface area (Å²) in [6.07, 6.45) is 3.48. The Morgan fingerprint density at radius 2 is 1.76 bits per heavy atom. The first-order chi connectivity index (χ1) is 14.1. The second-order valence-corrected chi connectivity index (χ2v) is 7.34. The van der Waals surface area contributed by atoms with Gasteiger partial charge in [-0.1, -0.05) is 23.8 Å². The Balaban J connectivity index is 1.42. The van der Waals surface area contributed by atoms with Crippen LogP contribution in [-0.2, 0) is 0 Å². The lowest BCUT2D eigenvalue weighted by atomic mass is 10.1. The van der Waals surface area contributed by atoms with Crippen LogP contribution in [0.3, 0.4) is 0 Å². The SMILES string of the molecule is Cc1ccc(Nc2ccnc(C(=O)N3CCN(c4ccccn4)CC3)c2)c(C)c1.